The quantitative estimate of drug-likeness (QED) is 0.803. The smallest absolute Gasteiger partial charge is 0.378 e. The van der Waals surface area contributed by atoms with Crippen LogP contribution >= 0.6 is 0 Å². The fourth-order valence-corrected chi connectivity index (χ4v) is 1.47. The summed E-state index contributed by atoms with van der Waals surface area (Å²) in [6.07, 6.45) is -4.25. The van der Waals surface area contributed by atoms with Gasteiger partial charge in [-0.15, -0.1) is 0 Å². The van der Waals surface area contributed by atoms with Crippen molar-refractivity contribution in [1.82, 2.24) is 9.78 Å². The van der Waals surface area contributed by atoms with Crippen LogP contribution < -0.4 is 0 Å². The predicted octanol–water partition coefficient (Wildman–Crippen LogP) is 2.72. The van der Waals surface area contributed by atoms with E-state index in [0.29, 0.717) is 11.4 Å². The van der Waals surface area contributed by atoms with Gasteiger partial charge in [-0.3, -0.25) is 4.68 Å². The number of alkyl halides is 3. The molecule has 0 aromatic carbocycles. The number of aromatic nitrogens is 2. The van der Waals surface area contributed by atoms with Gasteiger partial charge < -0.3 is 4.74 Å². The highest BCUT2D eigenvalue weighted by atomic mass is 19.4. The molecule has 0 atom stereocenters. The van der Waals surface area contributed by atoms with E-state index in [0.717, 1.165) is 4.68 Å². The third-order valence-corrected chi connectivity index (χ3v) is 2.07. The number of methoxy groups -OCH3 is 1. The molecule has 0 aliphatic heterocycles. The molecule has 16 heavy (non-hydrogen) atoms. The van der Waals surface area contributed by atoms with E-state index < -0.39 is 12.7 Å². The first kappa shape index (κ1) is 13.0. The fraction of sp³-hybridized carbons (Fsp3) is 0.700. The molecule has 0 aliphatic carbocycles. The van der Waals surface area contributed by atoms with Gasteiger partial charge in [0.05, 0.1) is 12.3 Å². The number of hydrogen-bond donors (Lipinski definition) is 0. The lowest BCUT2D eigenvalue weighted by Crippen LogP contribution is -2.20. The summed E-state index contributed by atoms with van der Waals surface area (Å²) < 4.78 is 42.7. The lowest BCUT2D eigenvalue weighted by molar-refractivity contribution is -0.143. The Labute approximate surface area is 92.2 Å². The van der Waals surface area contributed by atoms with Crippen LogP contribution in [0.2, 0.25) is 0 Å². The van der Waals surface area contributed by atoms with Gasteiger partial charge in [0, 0.05) is 12.8 Å². The van der Waals surface area contributed by atoms with Crippen molar-refractivity contribution in [2.45, 2.75) is 39.1 Å². The Balaban J connectivity index is 2.96. The topological polar surface area (TPSA) is 27.1 Å². The maximum Gasteiger partial charge on any atom is 0.408 e. The zero-order valence-electron chi connectivity index (χ0n) is 9.51. The molecule has 6 heteroatoms. The van der Waals surface area contributed by atoms with Crippen LogP contribution in [0.1, 0.15) is 31.2 Å². The van der Waals surface area contributed by atoms with Crippen LogP contribution in [0.25, 0.3) is 0 Å². The Hall–Kier alpha value is -1.04. The van der Waals surface area contributed by atoms with Crippen LogP contribution in [0, 0.1) is 0 Å². The highest BCUT2D eigenvalue weighted by Gasteiger charge is 2.30. The van der Waals surface area contributed by atoms with Gasteiger partial charge in [-0.2, -0.15) is 18.3 Å². The van der Waals surface area contributed by atoms with Crippen LogP contribution in [0.5, 0.6) is 0 Å². The zero-order valence-corrected chi connectivity index (χ0v) is 9.51. The first-order valence-corrected chi connectivity index (χ1v) is 4.96. The fourth-order valence-electron chi connectivity index (χ4n) is 1.47. The molecular weight excluding hydrogens is 221 g/mol. The molecule has 1 aromatic rings. The summed E-state index contributed by atoms with van der Waals surface area (Å²) in [5, 5.41) is 3.88. The number of halogens is 3. The molecule has 0 amide bonds. The summed E-state index contributed by atoms with van der Waals surface area (Å²) in [5.41, 5.74) is 1.10. The lowest BCUT2D eigenvalue weighted by atomic mass is 10.1. The maximum atomic E-state index is 12.3. The minimum absolute atomic E-state index is 0.000422. The minimum Gasteiger partial charge on any atom is -0.378 e. The molecule has 0 saturated carbocycles. The molecule has 0 bridgehead atoms. The zero-order chi connectivity index (χ0) is 12.3. The van der Waals surface area contributed by atoms with Gasteiger partial charge in [-0.1, -0.05) is 13.8 Å². The Morgan fingerprint density at radius 1 is 1.44 bits per heavy atom. The van der Waals surface area contributed by atoms with E-state index in [1.807, 2.05) is 13.8 Å². The molecular formula is C10H15F3N2O. The normalized spacial score (nSPS) is 12.4. The second-order valence-electron chi connectivity index (χ2n) is 3.92. The molecule has 0 aliphatic rings. The number of hydrogen-bond acceptors (Lipinski definition) is 2. The molecule has 3 nitrogen and oxygen atoms in total. The van der Waals surface area contributed by atoms with Gasteiger partial charge in [-0.05, 0) is 12.0 Å². The minimum atomic E-state index is -4.25. The second-order valence-corrected chi connectivity index (χ2v) is 3.92. The Kier molecular flexibility index (Phi) is 3.96. The molecule has 1 rings (SSSR count). The molecule has 92 valence electrons. The van der Waals surface area contributed by atoms with Crippen molar-refractivity contribution < 1.29 is 17.9 Å². The highest BCUT2D eigenvalue weighted by Crippen LogP contribution is 2.22. The molecule has 0 N–H and O–H groups in total. The van der Waals surface area contributed by atoms with Crippen LogP contribution in [0.3, 0.4) is 0 Å². The van der Waals surface area contributed by atoms with Crippen molar-refractivity contribution in [2.75, 3.05) is 7.11 Å². The number of nitrogens with zero attached hydrogens (tertiary/aromatic N) is 2. The van der Waals surface area contributed by atoms with Crippen molar-refractivity contribution in [3.05, 3.63) is 17.5 Å². The summed E-state index contributed by atoms with van der Waals surface area (Å²) in [7, 11) is 1.48. The summed E-state index contributed by atoms with van der Waals surface area (Å²) in [4.78, 5) is 0. The van der Waals surface area contributed by atoms with E-state index in [9.17, 15) is 13.2 Å². The van der Waals surface area contributed by atoms with Crippen molar-refractivity contribution >= 4 is 0 Å². The average molecular weight is 236 g/mol. The van der Waals surface area contributed by atoms with E-state index in [1.165, 1.54) is 7.11 Å². The van der Waals surface area contributed by atoms with Gasteiger partial charge in [0.15, 0.2) is 0 Å². The van der Waals surface area contributed by atoms with E-state index in [2.05, 4.69) is 5.10 Å². The van der Waals surface area contributed by atoms with E-state index >= 15 is 0 Å². The monoisotopic (exact) mass is 236 g/mol. The van der Waals surface area contributed by atoms with Crippen LogP contribution in [-0.2, 0) is 17.9 Å². The van der Waals surface area contributed by atoms with E-state index in [4.69, 9.17) is 4.74 Å². The lowest BCUT2D eigenvalue weighted by Gasteiger charge is -2.11. The molecule has 0 saturated heterocycles. The summed E-state index contributed by atoms with van der Waals surface area (Å²) in [5.74, 6) is 0.000422. The summed E-state index contributed by atoms with van der Waals surface area (Å²) in [6.45, 7) is 2.84. The largest absolute Gasteiger partial charge is 0.408 e. The van der Waals surface area contributed by atoms with Crippen molar-refractivity contribution in [3.8, 4) is 0 Å². The molecule has 1 aromatic heterocycles. The third-order valence-electron chi connectivity index (χ3n) is 2.07. The molecule has 0 radical (unpaired) electrons. The first-order valence-electron chi connectivity index (χ1n) is 4.96. The van der Waals surface area contributed by atoms with Gasteiger partial charge in [0.1, 0.15) is 6.54 Å². The van der Waals surface area contributed by atoms with Crippen molar-refractivity contribution in [2.24, 2.45) is 0 Å². The Morgan fingerprint density at radius 2 is 2.06 bits per heavy atom. The van der Waals surface area contributed by atoms with Gasteiger partial charge in [0.2, 0.25) is 0 Å². The molecule has 1 heterocycles. The maximum absolute atomic E-state index is 12.3. The van der Waals surface area contributed by atoms with Crippen molar-refractivity contribution in [1.29, 1.82) is 0 Å². The summed E-state index contributed by atoms with van der Waals surface area (Å²) in [6, 6.07) is 1.65. The van der Waals surface area contributed by atoms with Crippen LogP contribution in [0.4, 0.5) is 13.2 Å². The van der Waals surface area contributed by atoms with E-state index in [-0.39, 0.29) is 12.5 Å². The van der Waals surface area contributed by atoms with Gasteiger partial charge >= 0.3 is 6.18 Å². The number of rotatable bonds is 4. The van der Waals surface area contributed by atoms with Gasteiger partial charge in [-0.25, -0.2) is 0 Å². The second kappa shape index (κ2) is 4.86. The average Bonchev–Trinajstić information content (AvgIpc) is 2.45. The summed E-state index contributed by atoms with van der Waals surface area (Å²) >= 11 is 0. The molecule has 0 spiro atoms. The molecule has 0 unspecified atom stereocenters. The highest BCUT2D eigenvalue weighted by molar-refractivity contribution is 5.13. The van der Waals surface area contributed by atoms with Crippen LogP contribution in [0.15, 0.2) is 6.07 Å². The molecule has 0 fully saturated rings. The Bertz CT molecular complexity index is 344. The van der Waals surface area contributed by atoms with Gasteiger partial charge in [0.25, 0.3) is 0 Å². The van der Waals surface area contributed by atoms with E-state index in [1.54, 1.807) is 6.07 Å². The standard InChI is InChI=1S/C10H15F3N2O/c1-7(2)9-4-8(5-16-3)14-15(9)6-10(11,12)13/h4,7H,5-6H2,1-3H3. The predicted molar refractivity (Wildman–Crippen MR) is 53.1 cm³/mol. The SMILES string of the molecule is COCc1cc(C(C)C)n(CC(F)(F)F)n1. The first-order chi connectivity index (χ1) is 7.33. The van der Waals surface area contributed by atoms with Crippen molar-refractivity contribution in [3.63, 3.8) is 0 Å². The number of ether oxygens (including phenoxy) is 1. The Morgan fingerprint density at radius 3 is 2.50 bits per heavy atom. The third kappa shape index (κ3) is 3.52. The van der Waals surface area contributed by atoms with Crippen LogP contribution in [-0.4, -0.2) is 23.1 Å².